The number of methoxy groups -OCH3 is 2. The van der Waals surface area contributed by atoms with E-state index in [0.29, 0.717) is 12.0 Å². The number of aromatic nitrogens is 1. The minimum absolute atomic E-state index is 0.0474. The van der Waals surface area contributed by atoms with Gasteiger partial charge in [-0.2, -0.15) is 0 Å². The Hall–Kier alpha value is -1.91. The van der Waals surface area contributed by atoms with Crippen LogP contribution in [0.4, 0.5) is 0 Å². The van der Waals surface area contributed by atoms with Crippen molar-refractivity contribution in [2.24, 2.45) is 11.8 Å². The van der Waals surface area contributed by atoms with Crippen molar-refractivity contribution in [2.75, 3.05) is 27.3 Å². The van der Waals surface area contributed by atoms with Crippen molar-refractivity contribution in [3.8, 4) is 5.75 Å². The third kappa shape index (κ3) is 2.83. The lowest BCUT2D eigenvalue weighted by atomic mass is 9.73. The maximum atomic E-state index is 6.04. The summed E-state index contributed by atoms with van der Waals surface area (Å²) in [4.78, 5) is 7.10. The minimum atomic E-state index is 0.0474. The Morgan fingerprint density at radius 1 is 1.32 bits per heavy atom. The molecule has 5 atom stereocenters. The summed E-state index contributed by atoms with van der Waals surface area (Å²) in [6.07, 6.45) is 6.52. The summed E-state index contributed by atoms with van der Waals surface area (Å²) in [5, 5.41) is 1.12. The van der Waals surface area contributed by atoms with E-state index < -0.39 is 0 Å². The molecular formula is C21H26N2O2. The number of nitrogens with zero attached hydrogens (tertiary/aromatic N) is 2. The van der Waals surface area contributed by atoms with Gasteiger partial charge in [0.15, 0.2) is 0 Å². The maximum absolute atomic E-state index is 6.04. The molecule has 0 radical (unpaired) electrons. The summed E-state index contributed by atoms with van der Waals surface area (Å²) in [7, 11) is 3.53. The van der Waals surface area contributed by atoms with Gasteiger partial charge < -0.3 is 9.47 Å². The van der Waals surface area contributed by atoms with Gasteiger partial charge in [-0.3, -0.25) is 9.88 Å². The molecule has 25 heavy (non-hydrogen) atoms. The SMILES string of the molecule is C=C[C@@H]1CN2CC[C@H]1C[C@H]2[C@H](OC)c1ccnc2ccc(OC)cc12. The van der Waals surface area contributed by atoms with Gasteiger partial charge in [-0.15, -0.1) is 6.58 Å². The third-order valence-electron chi connectivity index (χ3n) is 6.05. The molecule has 0 N–H and O–H groups in total. The Kier molecular flexibility index (Phi) is 4.48. The minimum Gasteiger partial charge on any atom is -0.497 e. The van der Waals surface area contributed by atoms with Crippen LogP contribution in [0.3, 0.4) is 0 Å². The van der Waals surface area contributed by atoms with E-state index >= 15 is 0 Å². The Labute approximate surface area is 149 Å². The van der Waals surface area contributed by atoms with E-state index in [1.54, 1.807) is 7.11 Å². The van der Waals surface area contributed by atoms with E-state index in [1.165, 1.54) is 18.4 Å². The van der Waals surface area contributed by atoms with Gasteiger partial charge in [-0.25, -0.2) is 0 Å². The molecule has 1 aromatic carbocycles. The van der Waals surface area contributed by atoms with Crippen molar-refractivity contribution >= 4 is 10.9 Å². The van der Waals surface area contributed by atoms with Gasteiger partial charge in [0.25, 0.3) is 0 Å². The highest BCUT2D eigenvalue weighted by Gasteiger charge is 2.42. The van der Waals surface area contributed by atoms with Gasteiger partial charge >= 0.3 is 0 Å². The summed E-state index contributed by atoms with van der Waals surface area (Å²) in [6, 6.07) is 8.57. The number of hydrogen-bond donors (Lipinski definition) is 0. The molecule has 3 saturated heterocycles. The van der Waals surface area contributed by atoms with Gasteiger partial charge in [-0.1, -0.05) is 6.08 Å². The van der Waals surface area contributed by atoms with Crippen LogP contribution in [0.1, 0.15) is 24.5 Å². The molecule has 0 amide bonds. The van der Waals surface area contributed by atoms with Crippen molar-refractivity contribution in [2.45, 2.75) is 25.0 Å². The fraction of sp³-hybridized carbons (Fsp3) is 0.476. The van der Waals surface area contributed by atoms with Crippen LogP contribution in [0, 0.1) is 11.8 Å². The smallest absolute Gasteiger partial charge is 0.119 e. The van der Waals surface area contributed by atoms with Crippen LogP contribution < -0.4 is 4.74 Å². The second-order valence-corrected chi connectivity index (χ2v) is 7.19. The monoisotopic (exact) mass is 338 g/mol. The van der Waals surface area contributed by atoms with Crippen LogP contribution >= 0.6 is 0 Å². The van der Waals surface area contributed by atoms with E-state index in [2.05, 4.69) is 34.7 Å². The molecule has 2 bridgehead atoms. The lowest BCUT2D eigenvalue weighted by Crippen LogP contribution is -2.55. The molecular weight excluding hydrogens is 312 g/mol. The molecule has 0 saturated carbocycles. The molecule has 0 aliphatic carbocycles. The topological polar surface area (TPSA) is 34.6 Å². The standard InChI is InChI=1S/C21H26N2O2/c1-4-14-13-23-10-8-15(14)11-20(23)21(25-3)17-7-9-22-19-6-5-16(24-2)12-18(17)19/h4-7,9,12,14-15,20-21H,1,8,10-11,13H2,2-3H3/t14-,15+,20+,21-/m1/s1. The molecule has 3 aliphatic heterocycles. The van der Waals surface area contributed by atoms with Crippen molar-refractivity contribution in [3.63, 3.8) is 0 Å². The Bertz CT molecular complexity index is 776. The first-order valence-electron chi connectivity index (χ1n) is 9.07. The zero-order valence-electron chi connectivity index (χ0n) is 15.0. The van der Waals surface area contributed by atoms with Crippen LogP contribution in [-0.4, -0.2) is 43.2 Å². The summed E-state index contributed by atoms with van der Waals surface area (Å²) >= 11 is 0. The van der Waals surface area contributed by atoms with Gasteiger partial charge in [-0.05, 0) is 61.1 Å². The van der Waals surface area contributed by atoms with Crippen molar-refractivity contribution < 1.29 is 9.47 Å². The molecule has 5 rings (SSSR count). The normalized spacial score (nSPS) is 29.5. The first-order chi connectivity index (χ1) is 12.2. The van der Waals surface area contributed by atoms with E-state index in [4.69, 9.17) is 9.47 Å². The van der Waals surface area contributed by atoms with Gasteiger partial charge in [0, 0.05) is 31.3 Å². The zero-order chi connectivity index (χ0) is 17.4. The molecule has 4 heterocycles. The molecule has 4 heteroatoms. The molecule has 4 nitrogen and oxygen atoms in total. The lowest BCUT2D eigenvalue weighted by molar-refractivity contribution is -0.0601. The Morgan fingerprint density at radius 2 is 2.20 bits per heavy atom. The summed E-state index contributed by atoms with van der Waals surface area (Å²) in [6.45, 7) is 6.29. The molecule has 132 valence electrons. The quantitative estimate of drug-likeness (QED) is 0.776. The van der Waals surface area contributed by atoms with Crippen LogP contribution in [0.15, 0.2) is 43.1 Å². The molecule has 0 spiro atoms. The second kappa shape index (κ2) is 6.77. The van der Waals surface area contributed by atoms with Crippen molar-refractivity contribution in [1.29, 1.82) is 0 Å². The number of rotatable bonds is 5. The first kappa shape index (κ1) is 16.6. The summed E-state index contributed by atoms with van der Waals surface area (Å²) in [5.74, 6) is 2.21. The molecule has 3 fully saturated rings. The highest BCUT2D eigenvalue weighted by molar-refractivity contribution is 5.84. The highest BCUT2D eigenvalue weighted by atomic mass is 16.5. The van der Waals surface area contributed by atoms with E-state index in [9.17, 15) is 0 Å². The number of pyridine rings is 1. The van der Waals surface area contributed by atoms with Crippen LogP contribution in [0.2, 0.25) is 0 Å². The van der Waals surface area contributed by atoms with Crippen LogP contribution in [-0.2, 0) is 4.74 Å². The summed E-state index contributed by atoms with van der Waals surface area (Å²) in [5.41, 5.74) is 2.19. The molecule has 1 aromatic heterocycles. The van der Waals surface area contributed by atoms with Crippen molar-refractivity contribution in [3.05, 3.63) is 48.7 Å². The first-order valence-corrected chi connectivity index (χ1v) is 9.07. The zero-order valence-corrected chi connectivity index (χ0v) is 15.0. The number of fused-ring (bicyclic) bond motifs is 4. The van der Waals surface area contributed by atoms with Gasteiger partial charge in [0.2, 0.25) is 0 Å². The molecule has 2 aromatic rings. The Morgan fingerprint density at radius 3 is 2.88 bits per heavy atom. The maximum Gasteiger partial charge on any atom is 0.119 e. The fourth-order valence-electron chi connectivity index (χ4n) is 4.71. The number of hydrogen-bond acceptors (Lipinski definition) is 4. The lowest BCUT2D eigenvalue weighted by Gasteiger charge is -2.51. The Balaban J connectivity index is 1.72. The van der Waals surface area contributed by atoms with E-state index in [1.807, 2.05) is 25.4 Å². The largest absolute Gasteiger partial charge is 0.497 e. The highest BCUT2D eigenvalue weighted by Crippen LogP contribution is 2.43. The van der Waals surface area contributed by atoms with Crippen LogP contribution in [0.5, 0.6) is 5.75 Å². The number of piperidine rings is 3. The number of benzene rings is 1. The third-order valence-corrected chi connectivity index (χ3v) is 6.05. The average molecular weight is 338 g/mol. The van der Waals surface area contributed by atoms with Gasteiger partial charge in [0.1, 0.15) is 5.75 Å². The fourth-order valence-corrected chi connectivity index (χ4v) is 4.71. The predicted molar refractivity (Wildman–Crippen MR) is 99.8 cm³/mol. The predicted octanol–water partition coefficient (Wildman–Crippen LogP) is 3.83. The molecule has 3 aliphatic rings. The second-order valence-electron chi connectivity index (χ2n) is 7.19. The molecule has 1 unspecified atom stereocenters. The number of ether oxygens (including phenoxy) is 2. The van der Waals surface area contributed by atoms with Crippen molar-refractivity contribution in [1.82, 2.24) is 9.88 Å². The van der Waals surface area contributed by atoms with E-state index in [0.717, 1.165) is 35.7 Å². The van der Waals surface area contributed by atoms with Crippen LogP contribution in [0.25, 0.3) is 10.9 Å². The average Bonchev–Trinajstić information content (AvgIpc) is 2.68. The van der Waals surface area contributed by atoms with E-state index in [-0.39, 0.29) is 6.10 Å². The van der Waals surface area contributed by atoms with Gasteiger partial charge in [0.05, 0.1) is 18.7 Å². The summed E-state index contributed by atoms with van der Waals surface area (Å²) < 4.78 is 11.5.